The van der Waals surface area contributed by atoms with E-state index < -0.39 is 29.9 Å². The highest BCUT2D eigenvalue weighted by molar-refractivity contribution is 5.84. The Hall–Kier alpha value is -1.63. The van der Waals surface area contributed by atoms with Crippen molar-refractivity contribution >= 4 is 17.8 Å². The highest BCUT2D eigenvalue weighted by atomic mass is 16.5. The Labute approximate surface area is 137 Å². The molecule has 0 aromatic rings. The van der Waals surface area contributed by atoms with Crippen LogP contribution in [-0.2, 0) is 19.1 Å². The molecule has 0 radical (unpaired) electrons. The number of carbonyl (C=O) groups excluding carboxylic acids is 2. The van der Waals surface area contributed by atoms with Crippen LogP contribution in [0, 0.1) is 5.41 Å². The second-order valence-corrected chi connectivity index (χ2v) is 6.56. The number of carboxylic acid groups (broad SMARTS) is 1. The molecule has 0 aromatic carbocycles. The first-order valence-corrected chi connectivity index (χ1v) is 8.03. The van der Waals surface area contributed by atoms with Crippen molar-refractivity contribution in [2.24, 2.45) is 11.1 Å². The molecule has 0 saturated heterocycles. The molecule has 0 aromatic heterocycles. The van der Waals surface area contributed by atoms with Crippen LogP contribution in [0.1, 0.15) is 59.8 Å². The third-order valence-corrected chi connectivity index (χ3v) is 3.93. The Morgan fingerprint density at radius 1 is 1.30 bits per heavy atom. The van der Waals surface area contributed by atoms with Gasteiger partial charge in [-0.15, -0.1) is 0 Å². The van der Waals surface area contributed by atoms with Crippen LogP contribution in [0.25, 0.3) is 0 Å². The molecule has 134 valence electrons. The van der Waals surface area contributed by atoms with Gasteiger partial charge < -0.3 is 20.9 Å². The SMILES string of the molecule is CCC(C)(C)CCCOC(=O)C(C)NC(=O)CCC(N)C(=O)O. The average molecular weight is 330 g/mol. The van der Waals surface area contributed by atoms with Crippen molar-refractivity contribution in [1.82, 2.24) is 5.32 Å². The predicted octanol–water partition coefficient (Wildman–Crippen LogP) is 1.44. The minimum Gasteiger partial charge on any atom is -0.480 e. The van der Waals surface area contributed by atoms with Crippen molar-refractivity contribution in [1.29, 1.82) is 0 Å². The van der Waals surface area contributed by atoms with Gasteiger partial charge in [-0.25, -0.2) is 4.79 Å². The number of nitrogens with one attached hydrogen (secondary N) is 1. The molecule has 4 N–H and O–H groups in total. The Bertz CT molecular complexity index is 409. The monoisotopic (exact) mass is 330 g/mol. The van der Waals surface area contributed by atoms with E-state index in [4.69, 9.17) is 15.6 Å². The molecule has 2 atom stereocenters. The average Bonchev–Trinajstić information content (AvgIpc) is 2.48. The zero-order chi connectivity index (χ0) is 18.0. The standard InChI is InChI=1S/C16H30N2O5/c1-5-16(3,4)9-6-10-23-15(22)11(2)18-13(19)8-7-12(17)14(20)21/h11-12H,5-10,17H2,1-4H3,(H,18,19)(H,20,21). The fourth-order valence-electron chi connectivity index (χ4n) is 1.81. The van der Waals surface area contributed by atoms with Gasteiger partial charge in [-0.1, -0.05) is 27.2 Å². The Balaban J connectivity index is 3.97. The van der Waals surface area contributed by atoms with E-state index in [9.17, 15) is 14.4 Å². The number of hydrogen-bond donors (Lipinski definition) is 3. The summed E-state index contributed by atoms with van der Waals surface area (Å²) >= 11 is 0. The summed E-state index contributed by atoms with van der Waals surface area (Å²) in [6.07, 6.45) is 2.78. The minimum atomic E-state index is -1.15. The molecule has 0 spiro atoms. The van der Waals surface area contributed by atoms with Crippen LogP contribution in [0.5, 0.6) is 0 Å². The number of carboxylic acids is 1. The summed E-state index contributed by atoms with van der Waals surface area (Å²) in [7, 11) is 0. The van der Waals surface area contributed by atoms with Gasteiger partial charge in [0.25, 0.3) is 0 Å². The van der Waals surface area contributed by atoms with Gasteiger partial charge in [0.2, 0.25) is 5.91 Å². The third kappa shape index (κ3) is 9.89. The van der Waals surface area contributed by atoms with Crippen molar-refractivity contribution in [3.05, 3.63) is 0 Å². The van der Waals surface area contributed by atoms with Gasteiger partial charge in [0.15, 0.2) is 0 Å². The summed E-state index contributed by atoms with van der Waals surface area (Å²) in [5.41, 5.74) is 5.54. The number of amides is 1. The molecule has 0 bridgehead atoms. The first-order valence-electron chi connectivity index (χ1n) is 8.03. The van der Waals surface area contributed by atoms with Gasteiger partial charge in [0, 0.05) is 6.42 Å². The number of aliphatic carboxylic acids is 1. The molecule has 0 aliphatic heterocycles. The number of ether oxygens (including phenoxy) is 1. The van der Waals surface area contributed by atoms with E-state index >= 15 is 0 Å². The van der Waals surface area contributed by atoms with E-state index in [-0.39, 0.29) is 18.3 Å². The van der Waals surface area contributed by atoms with E-state index in [0.717, 1.165) is 19.3 Å². The first-order chi connectivity index (χ1) is 10.6. The highest BCUT2D eigenvalue weighted by Gasteiger charge is 2.19. The van der Waals surface area contributed by atoms with Crippen molar-refractivity contribution in [2.45, 2.75) is 71.9 Å². The lowest BCUT2D eigenvalue weighted by molar-refractivity contribution is -0.147. The minimum absolute atomic E-state index is 0.0229. The van der Waals surface area contributed by atoms with Crippen molar-refractivity contribution in [3.63, 3.8) is 0 Å². The fraction of sp³-hybridized carbons (Fsp3) is 0.812. The van der Waals surface area contributed by atoms with Crippen LogP contribution in [0.4, 0.5) is 0 Å². The number of hydrogen-bond acceptors (Lipinski definition) is 5. The summed E-state index contributed by atoms with van der Waals surface area (Å²) in [6, 6.07) is -1.84. The summed E-state index contributed by atoms with van der Waals surface area (Å²) in [4.78, 5) is 33.9. The molecule has 1 amide bonds. The molecular formula is C16H30N2O5. The summed E-state index contributed by atoms with van der Waals surface area (Å²) in [5.74, 6) is -2.06. The van der Waals surface area contributed by atoms with Crippen LogP contribution in [0.2, 0.25) is 0 Å². The molecule has 0 aliphatic carbocycles. The second kappa shape index (κ2) is 10.2. The molecular weight excluding hydrogens is 300 g/mol. The molecule has 0 saturated carbocycles. The van der Waals surface area contributed by atoms with Crippen LogP contribution in [0.15, 0.2) is 0 Å². The zero-order valence-corrected chi connectivity index (χ0v) is 14.6. The molecule has 0 rings (SSSR count). The van der Waals surface area contributed by atoms with Gasteiger partial charge in [0.1, 0.15) is 12.1 Å². The molecule has 0 aliphatic rings. The third-order valence-electron chi connectivity index (χ3n) is 3.93. The van der Waals surface area contributed by atoms with E-state index in [0.29, 0.717) is 6.61 Å². The van der Waals surface area contributed by atoms with Gasteiger partial charge in [-0.3, -0.25) is 9.59 Å². The summed E-state index contributed by atoms with van der Waals surface area (Å²) < 4.78 is 5.14. The van der Waals surface area contributed by atoms with E-state index in [1.165, 1.54) is 6.92 Å². The lowest BCUT2D eigenvalue weighted by Gasteiger charge is -2.22. The molecule has 2 unspecified atom stereocenters. The van der Waals surface area contributed by atoms with Crippen molar-refractivity contribution in [3.8, 4) is 0 Å². The van der Waals surface area contributed by atoms with Crippen LogP contribution in [0.3, 0.4) is 0 Å². The normalized spacial score (nSPS) is 14.0. The van der Waals surface area contributed by atoms with Gasteiger partial charge in [0.05, 0.1) is 6.61 Å². The van der Waals surface area contributed by atoms with E-state index in [2.05, 4.69) is 26.1 Å². The first kappa shape index (κ1) is 21.4. The quantitative estimate of drug-likeness (QED) is 0.390. The Morgan fingerprint density at radius 3 is 2.43 bits per heavy atom. The van der Waals surface area contributed by atoms with Gasteiger partial charge in [-0.05, 0) is 31.6 Å². The maximum atomic E-state index is 11.8. The fourth-order valence-corrected chi connectivity index (χ4v) is 1.81. The van der Waals surface area contributed by atoms with Gasteiger partial charge >= 0.3 is 11.9 Å². The molecule has 0 fully saturated rings. The molecule has 7 nitrogen and oxygen atoms in total. The topological polar surface area (TPSA) is 119 Å². The number of carbonyl (C=O) groups is 3. The molecule has 7 heteroatoms. The Kier molecular flexibility index (Phi) is 9.48. The highest BCUT2D eigenvalue weighted by Crippen LogP contribution is 2.25. The maximum absolute atomic E-state index is 11.8. The lowest BCUT2D eigenvalue weighted by atomic mass is 9.85. The smallest absolute Gasteiger partial charge is 0.328 e. The van der Waals surface area contributed by atoms with Crippen LogP contribution in [-0.4, -0.2) is 41.6 Å². The van der Waals surface area contributed by atoms with Crippen LogP contribution >= 0.6 is 0 Å². The van der Waals surface area contributed by atoms with E-state index in [1.807, 2.05) is 0 Å². The number of nitrogens with two attached hydrogens (primary N) is 1. The maximum Gasteiger partial charge on any atom is 0.328 e. The van der Waals surface area contributed by atoms with Gasteiger partial charge in [-0.2, -0.15) is 0 Å². The number of rotatable bonds is 11. The van der Waals surface area contributed by atoms with Crippen LogP contribution < -0.4 is 11.1 Å². The second-order valence-electron chi connectivity index (χ2n) is 6.56. The Morgan fingerprint density at radius 2 is 1.91 bits per heavy atom. The summed E-state index contributed by atoms with van der Waals surface area (Å²) in [6.45, 7) is 8.32. The van der Waals surface area contributed by atoms with Crippen molar-refractivity contribution in [2.75, 3.05) is 6.61 Å². The number of esters is 1. The largest absolute Gasteiger partial charge is 0.480 e. The summed E-state index contributed by atoms with van der Waals surface area (Å²) in [5, 5.41) is 11.1. The van der Waals surface area contributed by atoms with E-state index in [1.54, 1.807) is 0 Å². The van der Waals surface area contributed by atoms with Crippen molar-refractivity contribution < 1.29 is 24.2 Å². The molecule has 23 heavy (non-hydrogen) atoms. The lowest BCUT2D eigenvalue weighted by Crippen LogP contribution is -2.40. The molecule has 0 heterocycles. The predicted molar refractivity (Wildman–Crippen MR) is 86.7 cm³/mol. The zero-order valence-electron chi connectivity index (χ0n) is 14.6.